The zero-order chi connectivity index (χ0) is 19.0. The predicted octanol–water partition coefficient (Wildman–Crippen LogP) is 2.69. The minimum Gasteiger partial charge on any atom is -0.377 e. The SMILES string of the molecule is CN=C(NCCCCOCc1ccccc1)N1CCS(=O)(=O)C(C)(C)C1.I. The van der Waals surface area contributed by atoms with Crippen molar-refractivity contribution in [1.29, 1.82) is 0 Å². The van der Waals surface area contributed by atoms with E-state index in [-0.39, 0.29) is 29.7 Å². The average Bonchev–Trinajstić information content (AvgIpc) is 2.61. The van der Waals surface area contributed by atoms with Crippen LogP contribution in [0.15, 0.2) is 35.3 Å². The van der Waals surface area contributed by atoms with Crippen LogP contribution in [-0.2, 0) is 21.2 Å². The van der Waals surface area contributed by atoms with Gasteiger partial charge in [0.05, 0.1) is 17.1 Å². The second-order valence-corrected chi connectivity index (χ2v) is 9.96. The van der Waals surface area contributed by atoms with Gasteiger partial charge >= 0.3 is 0 Å². The third-order valence-corrected chi connectivity index (χ3v) is 7.20. The van der Waals surface area contributed by atoms with Crippen LogP contribution in [0.3, 0.4) is 0 Å². The van der Waals surface area contributed by atoms with E-state index in [2.05, 4.69) is 22.4 Å². The molecule has 1 saturated heterocycles. The van der Waals surface area contributed by atoms with Crippen LogP contribution in [0.25, 0.3) is 0 Å². The number of benzene rings is 1. The molecule has 1 aliphatic heterocycles. The molecule has 1 fully saturated rings. The maximum Gasteiger partial charge on any atom is 0.193 e. The van der Waals surface area contributed by atoms with E-state index in [4.69, 9.17) is 4.74 Å². The molecule has 1 aliphatic rings. The number of nitrogens with one attached hydrogen (secondary N) is 1. The Bertz CT molecular complexity index is 693. The minimum absolute atomic E-state index is 0. The van der Waals surface area contributed by atoms with Crippen LogP contribution in [-0.4, -0.2) is 63.1 Å². The van der Waals surface area contributed by atoms with Crippen molar-refractivity contribution in [3.8, 4) is 0 Å². The average molecular weight is 509 g/mol. The van der Waals surface area contributed by atoms with Crippen LogP contribution >= 0.6 is 24.0 Å². The fraction of sp³-hybridized carbons (Fsp3) is 0.632. The van der Waals surface area contributed by atoms with Gasteiger partial charge < -0.3 is 15.0 Å². The summed E-state index contributed by atoms with van der Waals surface area (Å²) in [6.45, 7) is 6.70. The zero-order valence-corrected chi connectivity index (χ0v) is 19.6. The molecule has 0 amide bonds. The Morgan fingerprint density at radius 1 is 1.26 bits per heavy atom. The van der Waals surface area contributed by atoms with Crippen molar-refractivity contribution >= 4 is 39.8 Å². The van der Waals surface area contributed by atoms with Crippen LogP contribution in [0.5, 0.6) is 0 Å². The predicted molar refractivity (Wildman–Crippen MR) is 122 cm³/mol. The van der Waals surface area contributed by atoms with Crippen LogP contribution in [0.1, 0.15) is 32.3 Å². The molecule has 0 unspecified atom stereocenters. The fourth-order valence-corrected chi connectivity index (χ4v) is 4.32. The van der Waals surface area contributed by atoms with Gasteiger partial charge in [0.2, 0.25) is 0 Å². The maximum absolute atomic E-state index is 12.1. The summed E-state index contributed by atoms with van der Waals surface area (Å²) in [5, 5.41) is 3.34. The van der Waals surface area contributed by atoms with Crippen LogP contribution in [0, 0.1) is 0 Å². The number of guanidine groups is 1. The lowest BCUT2D eigenvalue weighted by molar-refractivity contribution is 0.117. The van der Waals surface area contributed by atoms with Crippen molar-refractivity contribution in [2.24, 2.45) is 4.99 Å². The summed E-state index contributed by atoms with van der Waals surface area (Å²) < 4.78 is 29.2. The molecule has 0 radical (unpaired) electrons. The van der Waals surface area contributed by atoms with E-state index in [0.717, 1.165) is 32.0 Å². The lowest BCUT2D eigenvalue weighted by atomic mass is 10.2. The molecule has 0 spiro atoms. The highest BCUT2D eigenvalue weighted by Crippen LogP contribution is 2.23. The van der Waals surface area contributed by atoms with Gasteiger partial charge in [-0.1, -0.05) is 30.3 Å². The molecule has 6 nitrogen and oxygen atoms in total. The van der Waals surface area contributed by atoms with E-state index in [0.29, 0.717) is 19.7 Å². The van der Waals surface area contributed by atoms with Gasteiger partial charge in [0.25, 0.3) is 0 Å². The van der Waals surface area contributed by atoms with E-state index < -0.39 is 14.6 Å². The van der Waals surface area contributed by atoms with Gasteiger partial charge in [-0.2, -0.15) is 0 Å². The zero-order valence-electron chi connectivity index (χ0n) is 16.5. The molecule has 27 heavy (non-hydrogen) atoms. The number of aliphatic imine (C=N–C) groups is 1. The molecule has 1 heterocycles. The van der Waals surface area contributed by atoms with Crippen molar-refractivity contribution in [2.75, 3.05) is 39.0 Å². The molecule has 8 heteroatoms. The van der Waals surface area contributed by atoms with E-state index >= 15 is 0 Å². The highest BCUT2D eigenvalue weighted by molar-refractivity contribution is 14.0. The molecule has 0 saturated carbocycles. The minimum atomic E-state index is -3.04. The van der Waals surface area contributed by atoms with Crippen molar-refractivity contribution in [2.45, 2.75) is 38.0 Å². The van der Waals surface area contributed by atoms with E-state index in [9.17, 15) is 8.42 Å². The number of sulfone groups is 1. The summed E-state index contributed by atoms with van der Waals surface area (Å²) in [6.07, 6.45) is 1.94. The number of unbranched alkanes of at least 4 members (excludes halogenated alkanes) is 1. The third-order valence-electron chi connectivity index (χ3n) is 4.66. The molecule has 0 aliphatic carbocycles. The summed E-state index contributed by atoms with van der Waals surface area (Å²) in [4.78, 5) is 6.34. The maximum atomic E-state index is 12.1. The standard InChI is InChI=1S/C19H31N3O3S.HI/c1-19(2)16-22(12-14-26(19,23)24)18(20-3)21-11-7-8-13-25-15-17-9-5-4-6-10-17;/h4-6,9-10H,7-8,11-16H2,1-3H3,(H,20,21);1H. The lowest BCUT2D eigenvalue weighted by Gasteiger charge is -2.39. The molecular weight excluding hydrogens is 477 g/mol. The molecule has 2 rings (SSSR count). The van der Waals surface area contributed by atoms with Gasteiger partial charge in [0.1, 0.15) is 0 Å². The van der Waals surface area contributed by atoms with Gasteiger partial charge in [0, 0.05) is 33.3 Å². The van der Waals surface area contributed by atoms with Crippen LogP contribution < -0.4 is 5.32 Å². The Labute approximate surface area is 180 Å². The Hall–Kier alpha value is -0.870. The van der Waals surface area contributed by atoms with Gasteiger partial charge in [0.15, 0.2) is 15.8 Å². The monoisotopic (exact) mass is 509 g/mol. The Morgan fingerprint density at radius 3 is 2.59 bits per heavy atom. The van der Waals surface area contributed by atoms with Crippen molar-refractivity contribution < 1.29 is 13.2 Å². The Morgan fingerprint density at radius 2 is 1.96 bits per heavy atom. The van der Waals surface area contributed by atoms with Gasteiger partial charge in [-0.15, -0.1) is 24.0 Å². The van der Waals surface area contributed by atoms with E-state index in [1.165, 1.54) is 5.56 Å². The molecule has 1 N–H and O–H groups in total. The molecule has 154 valence electrons. The van der Waals surface area contributed by atoms with Crippen molar-refractivity contribution in [3.63, 3.8) is 0 Å². The number of nitrogens with zero attached hydrogens (tertiary/aromatic N) is 2. The molecule has 1 aromatic carbocycles. The van der Waals surface area contributed by atoms with Crippen molar-refractivity contribution in [1.82, 2.24) is 10.2 Å². The van der Waals surface area contributed by atoms with Crippen LogP contribution in [0.4, 0.5) is 0 Å². The van der Waals surface area contributed by atoms with Crippen molar-refractivity contribution in [3.05, 3.63) is 35.9 Å². The van der Waals surface area contributed by atoms with Gasteiger partial charge in [-0.05, 0) is 32.3 Å². The summed E-state index contributed by atoms with van der Waals surface area (Å²) in [5.41, 5.74) is 1.19. The number of rotatable bonds is 7. The first-order valence-corrected chi connectivity index (χ1v) is 10.8. The number of hydrogen-bond acceptors (Lipinski definition) is 4. The second-order valence-electron chi connectivity index (χ2n) is 7.22. The van der Waals surface area contributed by atoms with Gasteiger partial charge in [-0.25, -0.2) is 8.42 Å². The first kappa shape index (κ1) is 24.2. The third kappa shape index (κ3) is 7.23. The number of hydrogen-bond donors (Lipinski definition) is 1. The summed E-state index contributed by atoms with van der Waals surface area (Å²) in [6, 6.07) is 10.2. The molecular formula is C19H32IN3O3S. The lowest BCUT2D eigenvalue weighted by Crippen LogP contribution is -2.57. The Kier molecular flexibility index (Phi) is 10.0. The summed E-state index contributed by atoms with van der Waals surface area (Å²) in [5.74, 6) is 0.951. The molecule has 0 atom stereocenters. The molecule has 0 aromatic heterocycles. The molecule has 1 aromatic rings. The fourth-order valence-electron chi connectivity index (χ4n) is 2.95. The second kappa shape index (κ2) is 11.2. The normalized spacial score (nSPS) is 18.6. The van der Waals surface area contributed by atoms with Gasteiger partial charge in [-0.3, -0.25) is 4.99 Å². The van der Waals surface area contributed by atoms with E-state index in [1.807, 2.05) is 23.1 Å². The van der Waals surface area contributed by atoms with E-state index in [1.54, 1.807) is 20.9 Å². The quantitative estimate of drug-likeness (QED) is 0.265. The number of ether oxygens (including phenoxy) is 1. The number of halogens is 1. The largest absolute Gasteiger partial charge is 0.377 e. The summed E-state index contributed by atoms with van der Waals surface area (Å²) >= 11 is 0. The summed E-state index contributed by atoms with van der Waals surface area (Å²) in [7, 11) is -1.30. The highest BCUT2D eigenvalue weighted by Gasteiger charge is 2.40. The molecule has 0 bridgehead atoms. The first-order chi connectivity index (χ1) is 12.4. The first-order valence-electron chi connectivity index (χ1n) is 9.15. The van der Waals surface area contributed by atoms with Crippen LogP contribution in [0.2, 0.25) is 0 Å². The highest BCUT2D eigenvalue weighted by atomic mass is 127. The topological polar surface area (TPSA) is 71.0 Å². The smallest absolute Gasteiger partial charge is 0.193 e. The Balaban J connectivity index is 0.00000364.